The number of H-pyrrole nitrogens is 1. The number of hydrogen-bond acceptors (Lipinski definition) is 4. The summed E-state index contributed by atoms with van der Waals surface area (Å²) < 4.78 is 10.6. The van der Waals surface area contributed by atoms with Crippen LogP contribution in [0.3, 0.4) is 0 Å². The van der Waals surface area contributed by atoms with E-state index in [2.05, 4.69) is 15.3 Å². The fraction of sp³-hybridized carbons (Fsp3) is 0.263. The molecule has 1 fully saturated rings. The molecule has 0 radical (unpaired) electrons. The van der Waals surface area contributed by atoms with E-state index in [0.717, 1.165) is 16.9 Å². The molecule has 0 spiro atoms. The number of hydrogen-bond donors (Lipinski definition) is 2. The summed E-state index contributed by atoms with van der Waals surface area (Å²) in [6.45, 7) is 1.25. The molecular formula is C19H20N4O3. The van der Waals surface area contributed by atoms with Crippen molar-refractivity contribution in [2.24, 2.45) is 0 Å². The van der Waals surface area contributed by atoms with Gasteiger partial charge in [-0.3, -0.25) is 0 Å². The third-order valence-electron chi connectivity index (χ3n) is 4.61. The Morgan fingerprint density at radius 2 is 1.96 bits per heavy atom. The van der Waals surface area contributed by atoms with Gasteiger partial charge in [-0.05, 0) is 24.3 Å². The van der Waals surface area contributed by atoms with Crippen molar-refractivity contribution in [3.8, 4) is 11.5 Å². The van der Waals surface area contributed by atoms with Gasteiger partial charge >= 0.3 is 6.03 Å². The van der Waals surface area contributed by atoms with Gasteiger partial charge < -0.3 is 24.7 Å². The third kappa shape index (κ3) is 2.81. The number of amides is 2. The highest BCUT2D eigenvalue weighted by Crippen LogP contribution is 2.35. The molecule has 0 atom stereocenters. The first-order chi connectivity index (χ1) is 12.7. The Kier molecular flexibility index (Phi) is 4.12. The molecule has 7 nitrogen and oxygen atoms in total. The van der Waals surface area contributed by atoms with Crippen LogP contribution < -0.4 is 14.8 Å². The largest absolute Gasteiger partial charge is 0.493 e. The number of rotatable bonds is 4. The molecule has 4 rings (SSSR count). The van der Waals surface area contributed by atoms with E-state index in [1.165, 1.54) is 0 Å². The zero-order valence-electron chi connectivity index (χ0n) is 14.7. The Balaban J connectivity index is 1.42. The van der Waals surface area contributed by atoms with Gasteiger partial charge in [-0.1, -0.05) is 18.2 Å². The van der Waals surface area contributed by atoms with E-state index in [4.69, 9.17) is 9.47 Å². The number of benzene rings is 2. The number of ether oxygens (including phenoxy) is 2. The lowest BCUT2D eigenvalue weighted by Crippen LogP contribution is -2.50. The van der Waals surface area contributed by atoms with Crippen LogP contribution in [0.2, 0.25) is 0 Å². The van der Waals surface area contributed by atoms with Crippen molar-refractivity contribution in [3.63, 3.8) is 0 Å². The Labute approximate surface area is 150 Å². The summed E-state index contributed by atoms with van der Waals surface area (Å²) in [7, 11) is 3.12. The van der Waals surface area contributed by atoms with Gasteiger partial charge in [-0.25, -0.2) is 9.78 Å². The molecule has 1 aliphatic heterocycles. The van der Waals surface area contributed by atoms with Crippen LogP contribution in [0.25, 0.3) is 11.0 Å². The lowest BCUT2D eigenvalue weighted by Gasteiger charge is -2.38. The fourth-order valence-electron chi connectivity index (χ4n) is 3.16. The first-order valence-electron chi connectivity index (χ1n) is 8.41. The second kappa shape index (κ2) is 6.59. The van der Waals surface area contributed by atoms with Gasteiger partial charge in [-0.2, -0.15) is 0 Å². The summed E-state index contributed by atoms with van der Waals surface area (Å²) in [4.78, 5) is 22.2. The number of aromatic nitrogens is 2. The van der Waals surface area contributed by atoms with Gasteiger partial charge in [0, 0.05) is 13.1 Å². The van der Waals surface area contributed by atoms with Crippen molar-refractivity contribution in [3.05, 3.63) is 48.3 Å². The van der Waals surface area contributed by atoms with Crippen LogP contribution in [0, 0.1) is 0 Å². The van der Waals surface area contributed by atoms with Crippen molar-refractivity contribution in [1.29, 1.82) is 0 Å². The smallest absolute Gasteiger partial charge is 0.321 e. The van der Waals surface area contributed by atoms with Crippen molar-refractivity contribution in [2.75, 3.05) is 32.6 Å². The summed E-state index contributed by atoms with van der Waals surface area (Å²) in [6, 6.07) is 13.2. The van der Waals surface area contributed by atoms with Crippen LogP contribution >= 0.6 is 0 Å². The Hall–Kier alpha value is -3.22. The Morgan fingerprint density at radius 3 is 2.69 bits per heavy atom. The van der Waals surface area contributed by atoms with Crippen molar-refractivity contribution < 1.29 is 14.3 Å². The standard InChI is InChI=1S/C19H20N4O3/c1-25-16-9-5-8-15(17(16)26-2)22-19(24)23-10-12(11-23)18-20-13-6-3-4-7-14(13)21-18/h3-9,12H,10-11H2,1-2H3,(H,20,21)(H,22,24). The normalized spacial score (nSPS) is 14.2. The van der Waals surface area contributed by atoms with E-state index in [-0.39, 0.29) is 11.9 Å². The van der Waals surface area contributed by atoms with Gasteiger partial charge in [0.15, 0.2) is 11.5 Å². The van der Waals surface area contributed by atoms with Crippen LogP contribution in [0.15, 0.2) is 42.5 Å². The number of fused-ring (bicyclic) bond motifs is 1. The lowest BCUT2D eigenvalue weighted by atomic mass is 10.0. The maximum Gasteiger partial charge on any atom is 0.321 e. The van der Waals surface area contributed by atoms with Gasteiger partial charge in [0.05, 0.1) is 36.9 Å². The quantitative estimate of drug-likeness (QED) is 0.756. The maximum absolute atomic E-state index is 12.5. The molecule has 2 heterocycles. The Bertz CT molecular complexity index is 914. The van der Waals surface area contributed by atoms with Gasteiger partial charge in [0.2, 0.25) is 0 Å². The van der Waals surface area contributed by atoms with E-state index < -0.39 is 0 Å². The minimum atomic E-state index is -0.163. The number of carbonyl (C=O) groups is 1. The van der Waals surface area contributed by atoms with Crippen LogP contribution in [-0.2, 0) is 0 Å². The molecule has 1 saturated heterocycles. The molecule has 2 N–H and O–H groups in total. The van der Waals surface area contributed by atoms with Crippen molar-refractivity contribution in [2.45, 2.75) is 5.92 Å². The van der Waals surface area contributed by atoms with E-state index in [0.29, 0.717) is 30.3 Å². The molecule has 1 aromatic heterocycles. The van der Waals surface area contributed by atoms with Gasteiger partial charge in [-0.15, -0.1) is 0 Å². The maximum atomic E-state index is 12.5. The number of para-hydroxylation sites is 3. The number of nitrogens with zero attached hydrogens (tertiary/aromatic N) is 2. The monoisotopic (exact) mass is 352 g/mol. The minimum Gasteiger partial charge on any atom is -0.493 e. The molecule has 3 aromatic rings. The van der Waals surface area contributed by atoms with Crippen LogP contribution in [0.5, 0.6) is 11.5 Å². The number of likely N-dealkylation sites (tertiary alicyclic amines) is 1. The SMILES string of the molecule is COc1cccc(NC(=O)N2CC(c3nc4ccccc4[nH]3)C2)c1OC. The van der Waals surface area contributed by atoms with E-state index in [1.54, 1.807) is 31.3 Å². The molecule has 2 aromatic carbocycles. The number of anilines is 1. The zero-order chi connectivity index (χ0) is 18.1. The summed E-state index contributed by atoms with van der Waals surface area (Å²) in [6.07, 6.45) is 0. The summed E-state index contributed by atoms with van der Waals surface area (Å²) in [5, 5.41) is 2.89. The highest BCUT2D eigenvalue weighted by Gasteiger charge is 2.34. The third-order valence-corrected chi connectivity index (χ3v) is 4.61. The molecule has 134 valence electrons. The number of imidazole rings is 1. The van der Waals surface area contributed by atoms with E-state index >= 15 is 0 Å². The van der Waals surface area contributed by atoms with E-state index in [1.807, 2.05) is 30.3 Å². The summed E-state index contributed by atoms with van der Waals surface area (Å²) in [5.41, 5.74) is 2.56. The lowest BCUT2D eigenvalue weighted by molar-refractivity contribution is 0.161. The molecule has 0 unspecified atom stereocenters. The number of aromatic amines is 1. The molecular weight excluding hydrogens is 332 g/mol. The number of nitrogens with one attached hydrogen (secondary N) is 2. The first kappa shape index (κ1) is 16.3. The second-order valence-electron chi connectivity index (χ2n) is 6.21. The average molecular weight is 352 g/mol. The van der Waals surface area contributed by atoms with Crippen molar-refractivity contribution in [1.82, 2.24) is 14.9 Å². The van der Waals surface area contributed by atoms with Crippen LogP contribution in [0.1, 0.15) is 11.7 Å². The summed E-state index contributed by atoms with van der Waals surface area (Å²) >= 11 is 0. The highest BCUT2D eigenvalue weighted by molar-refractivity contribution is 5.92. The fourth-order valence-corrected chi connectivity index (χ4v) is 3.16. The molecule has 1 aliphatic rings. The molecule has 0 aliphatic carbocycles. The zero-order valence-corrected chi connectivity index (χ0v) is 14.7. The van der Waals surface area contributed by atoms with E-state index in [9.17, 15) is 4.79 Å². The van der Waals surface area contributed by atoms with Crippen LogP contribution in [0.4, 0.5) is 10.5 Å². The first-order valence-corrected chi connectivity index (χ1v) is 8.41. The van der Waals surface area contributed by atoms with Gasteiger partial charge in [0.1, 0.15) is 5.82 Å². The predicted octanol–water partition coefficient (Wildman–Crippen LogP) is 3.21. The summed E-state index contributed by atoms with van der Waals surface area (Å²) in [5.74, 6) is 2.24. The van der Waals surface area contributed by atoms with Crippen molar-refractivity contribution >= 4 is 22.8 Å². The number of methoxy groups -OCH3 is 2. The highest BCUT2D eigenvalue weighted by atomic mass is 16.5. The second-order valence-corrected chi connectivity index (χ2v) is 6.21. The Morgan fingerprint density at radius 1 is 1.15 bits per heavy atom. The minimum absolute atomic E-state index is 0.163. The van der Waals surface area contributed by atoms with Gasteiger partial charge in [0.25, 0.3) is 0 Å². The molecule has 7 heteroatoms. The molecule has 26 heavy (non-hydrogen) atoms. The molecule has 0 saturated carbocycles. The van der Waals surface area contributed by atoms with Crippen LogP contribution in [-0.4, -0.2) is 48.2 Å². The number of urea groups is 1. The average Bonchev–Trinajstić information content (AvgIpc) is 3.03. The number of carbonyl (C=O) groups excluding carboxylic acids is 1. The molecule has 0 bridgehead atoms. The topological polar surface area (TPSA) is 79.5 Å². The predicted molar refractivity (Wildman–Crippen MR) is 99.0 cm³/mol. The molecule has 2 amide bonds.